The van der Waals surface area contributed by atoms with Gasteiger partial charge in [0.05, 0.1) is 16.1 Å². The quantitative estimate of drug-likeness (QED) is 0.525. The highest BCUT2D eigenvalue weighted by Gasteiger charge is 2.38. The van der Waals surface area contributed by atoms with Gasteiger partial charge in [0.2, 0.25) is 0 Å². The zero-order valence-corrected chi connectivity index (χ0v) is 14.7. The summed E-state index contributed by atoms with van der Waals surface area (Å²) < 4.78 is 0. The Morgan fingerprint density at radius 3 is 2.71 bits per heavy atom. The normalized spacial score (nSPS) is 24.2. The van der Waals surface area contributed by atoms with Gasteiger partial charge in [-0.25, -0.2) is 0 Å². The van der Waals surface area contributed by atoms with Crippen LogP contribution in [0.4, 0.5) is 5.69 Å². The van der Waals surface area contributed by atoms with Crippen LogP contribution >= 0.6 is 23.2 Å². The van der Waals surface area contributed by atoms with Crippen molar-refractivity contribution in [3.05, 3.63) is 75.3 Å². The summed E-state index contributed by atoms with van der Waals surface area (Å²) in [4.78, 5) is 11.7. The van der Waals surface area contributed by atoms with Gasteiger partial charge in [-0.05, 0) is 60.7 Å². The Hall–Kier alpha value is -1.77. The zero-order chi connectivity index (χ0) is 16.8. The Balaban J connectivity index is 1.78. The summed E-state index contributed by atoms with van der Waals surface area (Å²) in [5.41, 5.74) is 4.20. The van der Waals surface area contributed by atoms with E-state index in [0.29, 0.717) is 21.9 Å². The summed E-state index contributed by atoms with van der Waals surface area (Å²) in [6, 6.07) is 11.9. The molecule has 0 amide bonds. The van der Waals surface area contributed by atoms with E-state index in [1.807, 2.05) is 36.4 Å². The van der Waals surface area contributed by atoms with Crippen molar-refractivity contribution in [2.24, 2.45) is 5.92 Å². The number of allylic oxidation sites excluding steroid dienone is 2. The van der Waals surface area contributed by atoms with E-state index in [4.69, 9.17) is 23.2 Å². The van der Waals surface area contributed by atoms with Crippen LogP contribution in [0.1, 0.15) is 46.8 Å². The minimum Gasteiger partial charge on any atom is -0.378 e. The molecule has 122 valence electrons. The lowest BCUT2D eigenvalue weighted by molar-refractivity contribution is 0.101. The molecule has 0 radical (unpaired) electrons. The Kier molecular flexibility index (Phi) is 3.90. The molecule has 3 atom stereocenters. The van der Waals surface area contributed by atoms with Crippen LogP contribution in [0.25, 0.3) is 0 Å². The van der Waals surface area contributed by atoms with Crippen molar-refractivity contribution in [2.75, 3.05) is 5.32 Å². The first kappa shape index (κ1) is 15.7. The van der Waals surface area contributed by atoms with E-state index in [2.05, 4.69) is 17.5 Å². The lowest BCUT2D eigenvalue weighted by Gasteiger charge is -2.37. The zero-order valence-electron chi connectivity index (χ0n) is 13.2. The number of Topliss-reactive ketones (excluding diaryl/α,β-unsaturated/α-hetero) is 1. The molecular weight excluding hydrogens is 341 g/mol. The third-order valence-electron chi connectivity index (χ3n) is 5.07. The lowest BCUT2D eigenvalue weighted by Crippen LogP contribution is -2.29. The molecule has 2 aromatic carbocycles. The number of benzene rings is 2. The van der Waals surface area contributed by atoms with Gasteiger partial charge in [-0.2, -0.15) is 0 Å². The number of hydrogen-bond acceptors (Lipinski definition) is 2. The summed E-state index contributed by atoms with van der Waals surface area (Å²) in [5, 5.41) is 4.80. The van der Waals surface area contributed by atoms with Crippen LogP contribution in [0, 0.1) is 5.92 Å². The van der Waals surface area contributed by atoms with Gasteiger partial charge in [0.25, 0.3) is 0 Å². The molecule has 24 heavy (non-hydrogen) atoms. The van der Waals surface area contributed by atoms with Crippen LogP contribution in [-0.4, -0.2) is 5.78 Å². The van der Waals surface area contributed by atoms with E-state index < -0.39 is 0 Å². The van der Waals surface area contributed by atoms with Crippen molar-refractivity contribution in [3.8, 4) is 0 Å². The van der Waals surface area contributed by atoms with Gasteiger partial charge in [-0.3, -0.25) is 4.79 Å². The van der Waals surface area contributed by atoms with Gasteiger partial charge in [0.15, 0.2) is 5.78 Å². The average molecular weight is 358 g/mol. The first-order chi connectivity index (χ1) is 11.5. The maximum Gasteiger partial charge on any atom is 0.159 e. The van der Waals surface area contributed by atoms with Crippen molar-refractivity contribution in [2.45, 2.75) is 25.3 Å². The Morgan fingerprint density at radius 2 is 1.96 bits per heavy atom. The fourth-order valence-corrected chi connectivity index (χ4v) is 4.16. The Morgan fingerprint density at radius 1 is 1.12 bits per heavy atom. The largest absolute Gasteiger partial charge is 0.378 e. The number of anilines is 1. The van der Waals surface area contributed by atoms with E-state index in [9.17, 15) is 4.79 Å². The van der Waals surface area contributed by atoms with E-state index in [1.54, 1.807) is 6.92 Å². The van der Waals surface area contributed by atoms with Crippen LogP contribution in [0.2, 0.25) is 10.0 Å². The first-order valence-corrected chi connectivity index (χ1v) is 8.83. The fourth-order valence-electron chi connectivity index (χ4n) is 3.85. The molecule has 0 saturated heterocycles. The van der Waals surface area contributed by atoms with E-state index >= 15 is 0 Å². The smallest absolute Gasteiger partial charge is 0.159 e. The molecule has 0 aromatic heterocycles. The highest BCUT2D eigenvalue weighted by molar-refractivity contribution is 6.42. The predicted octanol–water partition coefficient (Wildman–Crippen LogP) is 6.02. The van der Waals surface area contributed by atoms with Gasteiger partial charge in [0, 0.05) is 17.2 Å². The lowest BCUT2D eigenvalue weighted by atomic mass is 9.76. The molecule has 0 spiro atoms. The molecule has 2 aromatic rings. The van der Waals surface area contributed by atoms with Crippen molar-refractivity contribution in [1.82, 2.24) is 0 Å². The first-order valence-electron chi connectivity index (χ1n) is 8.07. The van der Waals surface area contributed by atoms with Gasteiger partial charge < -0.3 is 5.32 Å². The highest BCUT2D eigenvalue weighted by Crippen LogP contribution is 2.50. The number of nitrogens with one attached hydrogen (secondary N) is 1. The van der Waals surface area contributed by atoms with Crippen molar-refractivity contribution in [3.63, 3.8) is 0 Å². The van der Waals surface area contributed by atoms with Crippen LogP contribution in [0.5, 0.6) is 0 Å². The third kappa shape index (κ3) is 2.54. The summed E-state index contributed by atoms with van der Waals surface area (Å²) in [7, 11) is 0. The summed E-state index contributed by atoms with van der Waals surface area (Å²) in [6.07, 6.45) is 5.50. The van der Waals surface area contributed by atoms with E-state index in [0.717, 1.165) is 23.2 Å². The number of ketones is 1. The molecule has 1 aliphatic carbocycles. The molecule has 0 unspecified atom stereocenters. The van der Waals surface area contributed by atoms with Crippen molar-refractivity contribution in [1.29, 1.82) is 0 Å². The van der Waals surface area contributed by atoms with Crippen LogP contribution < -0.4 is 5.32 Å². The molecule has 4 rings (SSSR count). The molecule has 1 aliphatic heterocycles. The molecule has 0 fully saturated rings. The number of hydrogen-bond donors (Lipinski definition) is 1. The monoisotopic (exact) mass is 357 g/mol. The molecule has 1 heterocycles. The number of carbonyl (C=O) groups is 1. The number of rotatable bonds is 2. The summed E-state index contributed by atoms with van der Waals surface area (Å²) >= 11 is 12.3. The second-order valence-corrected chi connectivity index (χ2v) is 7.32. The molecule has 0 saturated carbocycles. The second-order valence-electron chi connectivity index (χ2n) is 6.51. The standard InChI is InChI=1S/C20H17Cl2NO/c1-11(24)12-6-8-19-16(9-12)14-3-2-4-15(14)20(23-19)13-5-7-17(21)18(22)10-13/h2-3,5-10,14-15,20,23H,4H2,1H3/t14-,15+,20+/m0/s1. The minimum absolute atomic E-state index is 0.0999. The Labute approximate surface area is 151 Å². The molecule has 1 N–H and O–H groups in total. The maximum atomic E-state index is 11.7. The number of carbonyl (C=O) groups excluding carboxylic acids is 1. The summed E-state index contributed by atoms with van der Waals surface area (Å²) in [6.45, 7) is 1.61. The molecule has 2 nitrogen and oxygen atoms in total. The topological polar surface area (TPSA) is 29.1 Å². The maximum absolute atomic E-state index is 11.7. The van der Waals surface area contributed by atoms with Crippen molar-refractivity contribution >= 4 is 34.7 Å². The minimum atomic E-state index is 0.0999. The Bertz CT molecular complexity index is 859. The SMILES string of the molecule is CC(=O)c1ccc2c(c1)[C@H]1C=CC[C@H]1[C@@H](c1ccc(Cl)c(Cl)c1)N2. The third-order valence-corrected chi connectivity index (χ3v) is 5.81. The fraction of sp³-hybridized carbons (Fsp3) is 0.250. The van der Waals surface area contributed by atoms with Crippen LogP contribution in [-0.2, 0) is 0 Å². The van der Waals surface area contributed by atoms with Gasteiger partial charge in [-0.15, -0.1) is 0 Å². The van der Waals surface area contributed by atoms with Crippen LogP contribution in [0.15, 0.2) is 48.6 Å². The van der Waals surface area contributed by atoms with Gasteiger partial charge >= 0.3 is 0 Å². The molecular formula is C20H17Cl2NO. The molecule has 2 aliphatic rings. The highest BCUT2D eigenvalue weighted by atomic mass is 35.5. The number of fused-ring (bicyclic) bond motifs is 3. The predicted molar refractivity (Wildman–Crippen MR) is 99.3 cm³/mol. The molecule has 0 bridgehead atoms. The van der Waals surface area contributed by atoms with Crippen molar-refractivity contribution < 1.29 is 4.79 Å². The second kappa shape index (κ2) is 5.94. The van der Waals surface area contributed by atoms with Gasteiger partial charge in [-0.1, -0.05) is 41.4 Å². The molecule has 4 heteroatoms. The summed E-state index contributed by atoms with van der Waals surface area (Å²) in [5.74, 6) is 0.833. The van der Waals surface area contributed by atoms with E-state index in [1.165, 1.54) is 5.56 Å². The van der Waals surface area contributed by atoms with Crippen LogP contribution in [0.3, 0.4) is 0 Å². The van der Waals surface area contributed by atoms with E-state index in [-0.39, 0.29) is 11.8 Å². The van der Waals surface area contributed by atoms with Gasteiger partial charge in [0.1, 0.15) is 0 Å². The number of halogens is 2. The average Bonchev–Trinajstić information content (AvgIpc) is 3.06.